The molecule has 1 aromatic heterocycles. The second-order valence-corrected chi connectivity index (χ2v) is 9.68. The number of carbonyl (C=O) groups excluding carboxylic acids is 3. The maximum Gasteiger partial charge on any atom is 0.410 e. The second kappa shape index (κ2) is 8.11. The number of aryl methyl sites for hydroxylation is 1. The molecule has 3 heterocycles. The number of fused-ring (bicyclic) bond motifs is 1. The summed E-state index contributed by atoms with van der Waals surface area (Å²) < 4.78 is 7.33. The molecule has 2 atom stereocenters. The lowest BCUT2D eigenvalue weighted by molar-refractivity contribution is -0.134. The van der Waals surface area contributed by atoms with E-state index in [1.54, 1.807) is 9.58 Å². The summed E-state index contributed by atoms with van der Waals surface area (Å²) in [6.45, 7) is 9.63. The standard InChI is InChI=1S/C23H31N5O4/c1-14-13-27(10-11-28(14)22(31)32-23(2,3)4)15-6-7-16-18(12-15)26(5)25-20(16)17-8-9-19(29)24-21(17)30/h6-7,12,14,17H,8-11,13H2,1-5H3,(H,24,29,30)/t14-,17?/m1/s1. The smallest absolute Gasteiger partial charge is 0.410 e. The van der Waals surface area contributed by atoms with Gasteiger partial charge in [-0.25, -0.2) is 4.79 Å². The van der Waals surface area contributed by atoms with Crippen LogP contribution in [-0.4, -0.2) is 63.9 Å². The van der Waals surface area contributed by atoms with Crippen LogP contribution in [0.1, 0.15) is 52.1 Å². The Balaban J connectivity index is 1.53. The fourth-order valence-corrected chi connectivity index (χ4v) is 4.47. The van der Waals surface area contributed by atoms with E-state index in [0.29, 0.717) is 38.2 Å². The Labute approximate surface area is 187 Å². The van der Waals surface area contributed by atoms with Crippen molar-refractivity contribution in [3.05, 3.63) is 23.9 Å². The van der Waals surface area contributed by atoms with Crippen molar-refractivity contribution in [1.29, 1.82) is 0 Å². The number of nitrogens with zero attached hydrogens (tertiary/aromatic N) is 4. The molecule has 0 radical (unpaired) electrons. The van der Waals surface area contributed by atoms with E-state index in [2.05, 4.69) is 21.4 Å². The number of nitrogens with one attached hydrogen (secondary N) is 1. The van der Waals surface area contributed by atoms with Crippen molar-refractivity contribution in [2.75, 3.05) is 24.5 Å². The zero-order valence-corrected chi connectivity index (χ0v) is 19.3. The quantitative estimate of drug-likeness (QED) is 0.720. The van der Waals surface area contributed by atoms with E-state index in [1.807, 2.05) is 46.9 Å². The third kappa shape index (κ3) is 4.28. The van der Waals surface area contributed by atoms with Gasteiger partial charge in [0.15, 0.2) is 0 Å². The van der Waals surface area contributed by atoms with Gasteiger partial charge in [-0.3, -0.25) is 19.6 Å². The van der Waals surface area contributed by atoms with Gasteiger partial charge >= 0.3 is 6.09 Å². The highest BCUT2D eigenvalue weighted by Crippen LogP contribution is 2.32. The van der Waals surface area contributed by atoms with Crippen LogP contribution in [0.3, 0.4) is 0 Å². The van der Waals surface area contributed by atoms with E-state index in [4.69, 9.17) is 4.74 Å². The van der Waals surface area contributed by atoms with Crippen LogP contribution in [0.2, 0.25) is 0 Å². The van der Waals surface area contributed by atoms with Crippen LogP contribution in [0.25, 0.3) is 10.9 Å². The number of ether oxygens (including phenoxy) is 1. The van der Waals surface area contributed by atoms with Gasteiger partial charge in [-0.2, -0.15) is 5.10 Å². The highest BCUT2D eigenvalue weighted by atomic mass is 16.6. The average molecular weight is 442 g/mol. The van der Waals surface area contributed by atoms with Crippen molar-refractivity contribution in [2.45, 2.75) is 58.1 Å². The molecule has 2 aliphatic rings. The molecule has 2 saturated heterocycles. The van der Waals surface area contributed by atoms with Crippen LogP contribution >= 0.6 is 0 Å². The van der Waals surface area contributed by atoms with Crippen LogP contribution in [0.15, 0.2) is 18.2 Å². The summed E-state index contributed by atoms with van der Waals surface area (Å²) in [5.41, 5.74) is 2.18. The Morgan fingerprint density at radius 2 is 1.97 bits per heavy atom. The molecule has 2 aromatic rings. The van der Waals surface area contributed by atoms with Crippen molar-refractivity contribution >= 4 is 34.5 Å². The van der Waals surface area contributed by atoms with Crippen molar-refractivity contribution in [3.8, 4) is 0 Å². The van der Waals surface area contributed by atoms with E-state index >= 15 is 0 Å². The molecule has 1 N–H and O–H groups in total. The third-order valence-electron chi connectivity index (χ3n) is 6.05. The molecule has 9 nitrogen and oxygen atoms in total. The lowest BCUT2D eigenvalue weighted by Gasteiger charge is -2.41. The third-order valence-corrected chi connectivity index (χ3v) is 6.05. The van der Waals surface area contributed by atoms with Crippen molar-refractivity contribution in [2.24, 2.45) is 7.05 Å². The Hall–Kier alpha value is -3.10. The Morgan fingerprint density at radius 1 is 1.22 bits per heavy atom. The summed E-state index contributed by atoms with van der Waals surface area (Å²) in [6.07, 6.45) is 0.523. The molecule has 3 amide bonds. The number of piperidine rings is 1. The summed E-state index contributed by atoms with van der Waals surface area (Å²) in [4.78, 5) is 40.4. The lowest BCUT2D eigenvalue weighted by atomic mass is 9.93. The number of rotatable bonds is 2. The monoisotopic (exact) mass is 441 g/mol. The van der Waals surface area contributed by atoms with E-state index in [0.717, 1.165) is 16.6 Å². The molecule has 32 heavy (non-hydrogen) atoms. The minimum Gasteiger partial charge on any atom is -0.444 e. The molecule has 172 valence electrons. The van der Waals surface area contributed by atoms with Gasteiger partial charge in [0.1, 0.15) is 5.60 Å². The minimum atomic E-state index is -0.515. The number of imide groups is 1. The summed E-state index contributed by atoms with van der Waals surface area (Å²) in [6, 6.07) is 6.13. The highest BCUT2D eigenvalue weighted by molar-refractivity contribution is 6.02. The Kier molecular flexibility index (Phi) is 5.60. The van der Waals surface area contributed by atoms with Crippen molar-refractivity contribution in [1.82, 2.24) is 20.0 Å². The van der Waals surface area contributed by atoms with Gasteiger partial charge in [0.2, 0.25) is 11.8 Å². The lowest BCUT2D eigenvalue weighted by Crippen LogP contribution is -2.55. The van der Waals surface area contributed by atoms with Crippen LogP contribution in [0.5, 0.6) is 0 Å². The molecule has 0 saturated carbocycles. The molecule has 2 fully saturated rings. The second-order valence-electron chi connectivity index (χ2n) is 9.68. The maximum atomic E-state index is 12.5. The van der Waals surface area contributed by atoms with E-state index in [-0.39, 0.29) is 23.9 Å². The summed E-state index contributed by atoms with van der Waals surface area (Å²) >= 11 is 0. The van der Waals surface area contributed by atoms with Gasteiger partial charge in [-0.1, -0.05) is 0 Å². The van der Waals surface area contributed by atoms with E-state index in [1.165, 1.54) is 0 Å². The molecule has 2 aliphatic heterocycles. The SMILES string of the molecule is C[C@@H]1CN(c2ccc3c(C4CCC(=O)NC4=O)nn(C)c3c2)CCN1C(=O)OC(C)(C)C. The van der Waals surface area contributed by atoms with Gasteiger partial charge in [0.25, 0.3) is 0 Å². The molecular weight excluding hydrogens is 410 g/mol. The first-order valence-electron chi connectivity index (χ1n) is 11.1. The first-order valence-corrected chi connectivity index (χ1v) is 11.1. The van der Waals surface area contributed by atoms with Crippen molar-refractivity contribution in [3.63, 3.8) is 0 Å². The molecule has 0 spiro atoms. The molecule has 0 aliphatic carbocycles. The Morgan fingerprint density at radius 3 is 2.62 bits per heavy atom. The number of hydrogen-bond donors (Lipinski definition) is 1. The zero-order valence-electron chi connectivity index (χ0n) is 19.3. The van der Waals surface area contributed by atoms with Crippen LogP contribution in [0.4, 0.5) is 10.5 Å². The summed E-state index contributed by atoms with van der Waals surface area (Å²) in [7, 11) is 1.87. The number of anilines is 1. The fourth-order valence-electron chi connectivity index (χ4n) is 4.47. The number of piperazine rings is 1. The van der Waals surface area contributed by atoms with Crippen LogP contribution in [0, 0.1) is 0 Å². The molecule has 1 unspecified atom stereocenters. The predicted molar refractivity (Wildman–Crippen MR) is 120 cm³/mol. The minimum absolute atomic E-state index is 0.0138. The van der Waals surface area contributed by atoms with Gasteiger partial charge in [-0.15, -0.1) is 0 Å². The van der Waals surface area contributed by atoms with Gasteiger partial charge < -0.3 is 14.5 Å². The molecule has 1 aromatic carbocycles. The maximum absolute atomic E-state index is 12.5. The largest absolute Gasteiger partial charge is 0.444 e. The van der Waals surface area contributed by atoms with Gasteiger partial charge in [0.05, 0.1) is 17.1 Å². The van der Waals surface area contributed by atoms with Crippen LogP contribution in [-0.2, 0) is 21.4 Å². The highest BCUT2D eigenvalue weighted by Gasteiger charge is 2.33. The predicted octanol–water partition coefficient (Wildman–Crippen LogP) is 2.54. The number of carbonyl (C=O) groups is 3. The molecule has 9 heteroatoms. The number of benzene rings is 1. The number of aromatic nitrogens is 2. The van der Waals surface area contributed by atoms with Crippen molar-refractivity contribution < 1.29 is 19.1 Å². The normalized spacial score (nSPS) is 22.3. The van der Waals surface area contributed by atoms with Gasteiger partial charge in [-0.05, 0) is 52.3 Å². The zero-order chi connectivity index (χ0) is 23.2. The fraction of sp³-hybridized carbons (Fsp3) is 0.565. The molecule has 0 bridgehead atoms. The van der Waals surface area contributed by atoms with E-state index in [9.17, 15) is 14.4 Å². The number of hydrogen-bond acceptors (Lipinski definition) is 6. The summed E-state index contributed by atoms with van der Waals surface area (Å²) in [5, 5.41) is 7.96. The molecule has 4 rings (SSSR count). The summed E-state index contributed by atoms with van der Waals surface area (Å²) in [5.74, 6) is -0.925. The first kappa shape index (κ1) is 22.1. The van der Waals surface area contributed by atoms with E-state index < -0.39 is 11.5 Å². The topological polar surface area (TPSA) is 96.8 Å². The average Bonchev–Trinajstić information content (AvgIpc) is 3.02. The van der Waals surface area contributed by atoms with Gasteiger partial charge in [0, 0.05) is 50.2 Å². The Bertz CT molecular complexity index is 1070. The van der Waals surface area contributed by atoms with Crippen LogP contribution < -0.4 is 10.2 Å². The molecular formula is C23H31N5O4. The first-order chi connectivity index (χ1) is 15.0. The number of amides is 3.